The topological polar surface area (TPSA) is 26.0 Å². The highest BCUT2D eigenvalue weighted by molar-refractivity contribution is 5.08. The molecule has 0 radical (unpaired) electrons. The quantitative estimate of drug-likeness (QED) is 0.628. The van der Waals surface area contributed by atoms with E-state index in [1.165, 1.54) is 0 Å². The molecule has 0 aromatic rings. The van der Waals surface area contributed by atoms with Gasteiger partial charge in [-0.05, 0) is 32.7 Å². The van der Waals surface area contributed by atoms with Crippen LogP contribution in [0.4, 0.5) is 0 Å². The predicted octanol–water partition coefficient (Wildman–Crippen LogP) is 2.41. The molecular formula is C11H21N. The molecule has 2 N–H and O–H groups in total. The molecular weight excluding hydrogens is 146 g/mol. The van der Waals surface area contributed by atoms with Gasteiger partial charge in [0.15, 0.2) is 0 Å². The molecule has 0 atom stereocenters. The zero-order valence-electron chi connectivity index (χ0n) is 8.99. The van der Waals surface area contributed by atoms with Crippen molar-refractivity contribution in [3.63, 3.8) is 0 Å². The van der Waals surface area contributed by atoms with Crippen molar-refractivity contribution in [3.8, 4) is 11.8 Å². The second kappa shape index (κ2) is 3.96. The Labute approximate surface area is 76.7 Å². The summed E-state index contributed by atoms with van der Waals surface area (Å²) in [7, 11) is 0. The molecule has 0 rings (SSSR count). The first-order chi connectivity index (χ1) is 5.27. The highest BCUT2D eigenvalue weighted by Gasteiger charge is 2.13. The van der Waals surface area contributed by atoms with E-state index in [2.05, 4.69) is 46.5 Å². The van der Waals surface area contributed by atoms with Crippen molar-refractivity contribution < 1.29 is 0 Å². The summed E-state index contributed by atoms with van der Waals surface area (Å²) >= 11 is 0. The third kappa shape index (κ3) is 6.24. The summed E-state index contributed by atoms with van der Waals surface area (Å²) in [5.41, 5.74) is 5.87. The Morgan fingerprint density at radius 1 is 1.08 bits per heavy atom. The van der Waals surface area contributed by atoms with E-state index in [1.807, 2.05) is 0 Å². The maximum atomic E-state index is 5.59. The van der Waals surface area contributed by atoms with Crippen molar-refractivity contribution in [2.24, 2.45) is 16.6 Å². The standard InChI is InChI=1S/C11H21N/c1-10(2,3)7-6-8-11(4,5)9-12/h8-9,12H2,1-5H3. The van der Waals surface area contributed by atoms with E-state index in [1.54, 1.807) is 0 Å². The van der Waals surface area contributed by atoms with Crippen molar-refractivity contribution in [1.29, 1.82) is 0 Å². The maximum absolute atomic E-state index is 5.59. The minimum Gasteiger partial charge on any atom is -0.330 e. The van der Waals surface area contributed by atoms with Crippen LogP contribution in [0.5, 0.6) is 0 Å². The Balaban J connectivity index is 4.03. The average Bonchev–Trinajstić information content (AvgIpc) is 1.84. The smallest absolute Gasteiger partial charge is 0.0230 e. The lowest BCUT2D eigenvalue weighted by Gasteiger charge is -2.18. The summed E-state index contributed by atoms with van der Waals surface area (Å²) in [5, 5.41) is 0. The third-order valence-electron chi connectivity index (χ3n) is 1.58. The molecule has 1 nitrogen and oxygen atoms in total. The Morgan fingerprint density at radius 3 is 1.92 bits per heavy atom. The second-order valence-electron chi connectivity index (χ2n) is 5.10. The van der Waals surface area contributed by atoms with E-state index in [0.717, 1.165) is 6.42 Å². The lowest BCUT2D eigenvalue weighted by Crippen LogP contribution is -2.22. The van der Waals surface area contributed by atoms with Crippen LogP contribution in [0, 0.1) is 22.7 Å². The van der Waals surface area contributed by atoms with Crippen LogP contribution in [-0.2, 0) is 0 Å². The Hall–Kier alpha value is -0.480. The van der Waals surface area contributed by atoms with Crippen LogP contribution >= 0.6 is 0 Å². The van der Waals surface area contributed by atoms with Gasteiger partial charge in [0.25, 0.3) is 0 Å². The number of hydrogen-bond acceptors (Lipinski definition) is 1. The van der Waals surface area contributed by atoms with Crippen LogP contribution in [0.1, 0.15) is 41.0 Å². The van der Waals surface area contributed by atoms with Crippen LogP contribution in [0.2, 0.25) is 0 Å². The van der Waals surface area contributed by atoms with Gasteiger partial charge in [0.2, 0.25) is 0 Å². The van der Waals surface area contributed by atoms with Crippen LogP contribution in [0.3, 0.4) is 0 Å². The average molecular weight is 167 g/mol. The van der Waals surface area contributed by atoms with Gasteiger partial charge in [-0.3, -0.25) is 0 Å². The van der Waals surface area contributed by atoms with Gasteiger partial charge in [0.05, 0.1) is 0 Å². The van der Waals surface area contributed by atoms with E-state index in [4.69, 9.17) is 5.73 Å². The molecule has 0 unspecified atom stereocenters. The minimum absolute atomic E-state index is 0.116. The van der Waals surface area contributed by atoms with Gasteiger partial charge >= 0.3 is 0 Å². The van der Waals surface area contributed by atoms with Crippen LogP contribution in [0.25, 0.3) is 0 Å². The summed E-state index contributed by atoms with van der Waals surface area (Å²) in [6.07, 6.45) is 0.890. The number of hydrogen-bond donors (Lipinski definition) is 1. The lowest BCUT2D eigenvalue weighted by atomic mass is 9.89. The largest absolute Gasteiger partial charge is 0.330 e. The Kier molecular flexibility index (Phi) is 3.80. The van der Waals surface area contributed by atoms with Crippen LogP contribution in [-0.4, -0.2) is 6.54 Å². The summed E-state index contributed by atoms with van der Waals surface area (Å²) in [4.78, 5) is 0. The van der Waals surface area contributed by atoms with Gasteiger partial charge in [-0.25, -0.2) is 0 Å². The predicted molar refractivity (Wildman–Crippen MR) is 54.7 cm³/mol. The van der Waals surface area contributed by atoms with Gasteiger partial charge in [-0.2, -0.15) is 0 Å². The van der Waals surface area contributed by atoms with Crippen molar-refractivity contribution in [2.45, 2.75) is 41.0 Å². The van der Waals surface area contributed by atoms with Gasteiger partial charge in [0.1, 0.15) is 0 Å². The molecule has 0 amide bonds. The summed E-state index contributed by atoms with van der Waals surface area (Å²) in [6, 6.07) is 0. The molecule has 0 aromatic heterocycles. The Bertz CT molecular complexity index is 185. The summed E-state index contributed by atoms with van der Waals surface area (Å²) < 4.78 is 0. The molecule has 0 fully saturated rings. The summed E-state index contributed by atoms with van der Waals surface area (Å²) in [5.74, 6) is 6.39. The van der Waals surface area contributed by atoms with E-state index < -0.39 is 0 Å². The first-order valence-corrected chi connectivity index (χ1v) is 4.47. The lowest BCUT2D eigenvalue weighted by molar-refractivity contribution is 0.390. The minimum atomic E-state index is 0.116. The van der Waals surface area contributed by atoms with Crippen molar-refractivity contribution in [3.05, 3.63) is 0 Å². The monoisotopic (exact) mass is 167 g/mol. The van der Waals surface area contributed by atoms with Gasteiger partial charge in [-0.1, -0.05) is 19.8 Å². The molecule has 0 saturated carbocycles. The molecule has 0 aliphatic heterocycles. The normalized spacial score (nSPS) is 12.2. The Morgan fingerprint density at radius 2 is 1.58 bits per heavy atom. The van der Waals surface area contributed by atoms with Crippen molar-refractivity contribution >= 4 is 0 Å². The fourth-order valence-corrected chi connectivity index (χ4v) is 0.621. The third-order valence-corrected chi connectivity index (χ3v) is 1.58. The zero-order valence-corrected chi connectivity index (χ0v) is 8.99. The molecule has 0 aliphatic carbocycles. The first-order valence-electron chi connectivity index (χ1n) is 4.47. The SMILES string of the molecule is CC(C)(C)C#CCC(C)(C)CN. The number of nitrogens with two attached hydrogens (primary N) is 1. The molecule has 0 bridgehead atoms. The second-order valence-corrected chi connectivity index (χ2v) is 5.10. The van der Waals surface area contributed by atoms with Crippen molar-refractivity contribution in [1.82, 2.24) is 0 Å². The maximum Gasteiger partial charge on any atom is 0.0230 e. The van der Waals surface area contributed by atoms with Crippen LogP contribution < -0.4 is 5.73 Å². The van der Waals surface area contributed by atoms with Gasteiger partial charge in [-0.15, -0.1) is 5.92 Å². The van der Waals surface area contributed by atoms with E-state index in [9.17, 15) is 0 Å². The fraction of sp³-hybridized carbons (Fsp3) is 0.818. The van der Waals surface area contributed by atoms with E-state index in [-0.39, 0.29) is 10.8 Å². The molecule has 12 heavy (non-hydrogen) atoms. The van der Waals surface area contributed by atoms with Gasteiger partial charge < -0.3 is 5.73 Å². The molecule has 70 valence electrons. The molecule has 0 aromatic carbocycles. The molecule has 0 saturated heterocycles. The summed E-state index contributed by atoms with van der Waals surface area (Å²) in [6.45, 7) is 11.3. The highest BCUT2D eigenvalue weighted by atomic mass is 14.6. The fourth-order valence-electron chi connectivity index (χ4n) is 0.621. The molecule has 0 spiro atoms. The van der Waals surface area contributed by atoms with Crippen molar-refractivity contribution in [2.75, 3.05) is 6.54 Å². The highest BCUT2D eigenvalue weighted by Crippen LogP contribution is 2.18. The number of rotatable bonds is 2. The molecule has 0 heterocycles. The van der Waals surface area contributed by atoms with E-state index >= 15 is 0 Å². The molecule has 1 heteroatoms. The van der Waals surface area contributed by atoms with E-state index in [0.29, 0.717) is 6.54 Å². The molecule has 0 aliphatic rings. The van der Waals surface area contributed by atoms with Crippen LogP contribution in [0.15, 0.2) is 0 Å². The van der Waals surface area contributed by atoms with Gasteiger partial charge in [0, 0.05) is 11.8 Å². The zero-order chi connectivity index (χ0) is 9.83. The first kappa shape index (κ1) is 11.5.